The second kappa shape index (κ2) is 11.9. The molecule has 1 fully saturated rings. The van der Waals surface area contributed by atoms with Crippen LogP contribution in [-0.4, -0.2) is 35.0 Å². The minimum absolute atomic E-state index is 0.132. The summed E-state index contributed by atoms with van der Waals surface area (Å²) in [7, 11) is 0. The highest BCUT2D eigenvalue weighted by Gasteiger charge is 2.32. The summed E-state index contributed by atoms with van der Waals surface area (Å²) in [6.45, 7) is 11.2. The lowest BCUT2D eigenvalue weighted by Gasteiger charge is -2.33. The van der Waals surface area contributed by atoms with E-state index in [1.807, 2.05) is 44.9 Å². The standard InChI is InChI=1S/C21H22Br2N2O2.2C2H6/c1-12(26)25-6-4-13(5-7-25)20-19-14(9-17(27)10-18(19)23)2-3-15-8-16(22)11-24-21(15)20;2*1-2/h8-11,21,24,27H,2-7H2,1H3;2*1-2H3. The maximum atomic E-state index is 11.7. The molecule has 170 valence electrons. The predicted octanol–water partition coefficient (Wildman–Crippen LogP) is 6.68. The van der Waals surface area contributed by atoms with Gasteiger partial charge in [0.25, 0.3) is 0 Å². The van der Waals surface area contributed by atoms with E-state index in [1.165, 1.54) is 27.8 Å². The molecule has 0 spiro atoms. The number of allylic oxidation sites excluding steroid dienone is 2. The lowest BCUT2D eigenvalue weighted by molar-refractivity contribution is -0.129. The van der Waals surface area contributed by atoms with E-state index in [9.17, 15) is 9.90 Å². The van der Waals surface area contributed by atoms with Crippen LogP contribution >= 0.6 is 31.9 Å². The van der Waals surface area contributed by atoms with Gasteiger partial charge in [-0.2, -0.15) is 0 Å². The summed E-state index contributed by atoms with van der Waals surface area (Å²) in [6, 6.07) is 3.81. The molecule has 0 bridgehead atoms. The molecular weight excluding hydrogens is 520 g/mol. The molecule has 0 aromatic heterocycles. The van der Waals surface area contributed by atoms with Gasteiger partial charge in [-0.25, -0.2) is 0 Å². The first-order valence-corrected chi connectivity index (χ1v) is 12.8. The fourth-order valence-electron chi connectivity index (χ4n) is 4.37. The highest BCUT2D eigenvalue weighted by molar-refractivity contribution is 9.12. The molecular formula is C25H34Br2N2O2. The van der Waals surface area contributed by atoms with Crippen molar-refractivity contribution >= 4 is 43.3 Å². The number of fused-ring (bicyclic) bond motifs is 2. The number of nitrogens with zero attached hydrogens (tertiary/aromatic N) is 1. The average molecular weight is 554 g/mol. The van der Waals surface area contributed by atoms with E-state index in [-0.39, 0.29) is 11.9 Å². The molecule has 6 heteroatoms. The van der Waals surface area contributed by atoms with Gasteiger partial charge in [-0.3, -0.25) is 4.79 Å². The minimum atomic E-state index is 0.132. The number of rotatable bonds is 0. The van der Waals surface area contributed by atoms with E-state index in [0.717, 1.165) is 47.7 Å². The van der Waals surface area contributed by atoms with Crippen LogP contribution in [0.25, 0.3) is 5.57 Å². The van der Waals surface area contributed by atoms with Gasteiger partial charge in [-0.1, -0.05) is 49.2 Å². The molecule has 3 aliphatic rings. The van der Waals surface area contributed by atoms with Gasteiger partial charge in [0.2, 0.25) is 5.91 Å². The van der Waals surface area contributed by atoms with Gasteiger partial charge in [-0.05, 0) is 82.1 Å². The Hall–Kier alpha value is -1.53. The van der Waals surface area contributed by atoms with Crippen molar-refractivity contribution in [3.63, 3.8) is 0 Å². The number of aromatic hydroxyl groups is 1. The normalized spacial score (nSPS) is 19.7. The maximum absolute atomic E-state index is 11.7. The molecule has 0 saturated carbocycles. The Bertz CT molecular complexity index is 893. The molecule has 2 N–H and O–H groups in total. The van der Waals surface area contributed by atoms with Crippen molar-refractivity contribution in [3.05, 3.63) is 55.6 Å². The largest absolute Gasteiger partial charge is 0.508 e. The monoisotopic (exact) mass is 552 g/mol. The quantitative estimate of drug-likeness (QED) is 0.376. The molecule has 1 aromatic rings. The molecule has 31 heavy (non-hydrogen) atoms. The number of phenolic OH excluding ortho intramolecular Hbond substituents is 1. The summed E-state index contributed by atoms with van der Waals surface area (Å²) in [6.07, 6.45) is 7.84. The lowest BCUT2D eigenvalue weighted by atomic mass is 9.85. The molecule has 2 aliphatic heterocycles. The number of hydrogen-bond donors (Lipinski definition) is 2. The SMILES string of the molecule is CC.CC.CC(=O)N1CCC(=C2c3c(Br)cc(O)cc3CCC3=CC(Br)=CNC32)CC1. The number of halogens is 2. The Morgan fingerprint density at radius 1 is 1.06 bits per heavy atom. The smallest absolute Gasteiger partial charge is 0.219 e. The molecule has 1 amide bonds. The third-order valence-corrected chi connectivity index (χ3v) is 6.76. The predicted molar refractivity (Wildman–Crippen MR) is 137 cm³/mol. The van der Waals surface area contributed by atoms with Gasteiger partial charge in [0.05, 0.1) is 6.04 Å². The van der Waals surface area contributed by atoms with Crippen molar-refractivity contribution in [2.24, 2.45) is 0 Å². The maximum Gasteiger partial charge on any atom is 0.219 e. The van der Waals surface area contributed by atoms with Crippen LogP contribution < -0.4 is 5.32 Å². The van der Waals surface area contributed by atoms with Crippen LogP contribution in [0.2, 0.25) is 0 Å². The Balaban J connectivity index is 0.000000807. The minimum Gasteiger partial charge on any atom is -0.508 e. The van der Waals surface area contributed by atoms with E-state index in [2.05, 4.69) is 43.3 Å². The van der Waals surface area contributed by atoms with E-state index < -0.39 is 0 Å². The van der Waals surface area contributed by atoms with Gasteiger partial charge in [0.15, 0.2) is 0 Å². The first kappa shape index (κ1) is 25.7. The number of hydrogen-bond acceptors (Lipinski definition) is 3. The molecule has 1 saturated heterocycles. The van der Waals surface area contributed by atoms with Crippen molar-refractivity contribution in [2.45, 2.75) is 66.3 Å². The number of piperidine rings is 1. The first-order valence-electron chi connectivity index (χ1n) is 11.3. The Kier molecular flexibility index (Phi) is 9.89. The highest BCUT2D eigenvalue weighted by atomic mass is 79.9. The van der Waals surface area contributed by atoms with Gasteiger partial charge < -0.3 is 15.3 Å². The molecule has 1 aromatic carbocycles. The summed E-state index contributed by atoms with van der Waals surface area (Å²) in [5.41, 5.74) is 6.43. The number of nitrogens with one attached hydrogen (secondary N) is 1. The fraction of sp³-hybridized carbons (Fsp3) is 0.480. The number of phenols is 1. The zero-order valence-corrected chi connectivity index (χ0v) is 22.4. The van der Waals surface area contributed by atoms with Gasteiger partial charge in [0, 0.05) is 35.2 Å². The van der Waals surface area contributed by atoms with Crippen molar-refractivity contribution in [1.29, 1.82) is 0 Å². The molecule has 2 heterocycles. The van der Waals surface area contributed by atoms with Gasteiger partial charge in [-0.15, -0.1) is 0 Å². The van der Waals surface area contributed by atoms with E-state index in [0.29, 0.717) is 5.75 Å². The Morgan fingerprint density at radius 3 is 2.32 bits per heavy atom. The van der Waals surface area contributed by atoms with Crippen LogP contribution in [0.3, 0.4) is 0 Å². The molecule has 0 radical (unpaired) electrons. The van der Waals surface area contributed by atoms with Gasteiger partial charge >= 0.3 is 0 Å². The molecule has 4 nitrogen and oxygen atoms in total. The third kappa shape index (κ3) is 5.83. The second-order valence-corrected chi connectivity index (χ2v) is 9.10. The number of likely N-dealkylation sites (tertiary alicyclic amines) is 1. The van der Waals surface area contributed by atoms with Gasteiger partial charge in [0.1, 0.15) is 5.75 Å². The van der Waals surface area contributed by atoms with Crippen molar-refractivity contribution in [1.82, 2.24) is 10.2 Å². The summed E-state index contributed by atoms with van der Waals surface area (Å²) >= 11 is 7.30. The van der Waals surface area contributed by atoms with E-state index in [1.54, 1.807) is 13.0 Å². The Labute approximate surface area is 203 Å². The summed E-state index contributed by atoms with van der Waals surface area (Å²) in [4.78, 5) is 13.7. The van der Waals surface area contributed by atoms with Crippen molar-refractivity contribution in [3.8, 4) is 5.75 Å². The molecule has 1 aliphatic carbocycles. The molecule has 4 rings (SSSR count). The van der Waals surface area contributed by atoms with Crippen LogP contribution in [0.15, 0.2) is 44.5 Å². The van der Waals surface area contributed by atoms with Crippen molar-refractivity contribution in [2.75, 3.05) is 13.1 Å². The zero-order valence-electron chi connectivity index (χ0n) is 19.2. The first-order chi connectivity index (χ1) is 14.9. The number of dihydropyridines is 1. The van der Waals surface area contributed by atoms with Crippen LogP contribution in [0.1, 0.15) is 65.0 Å². The average Bonchev–Trinajstić information content (AvgIpc) is 2.93. The van der Waals surface area contributed by atoms with Crippen LogP contribution in [-0.2, 0) is 11.2 Å². The molecule has 1 unspecified atom stereocenters. The fourth-order valence-corrected chi connectivity index (χ4v) is 5.50. The number of aryl methyl sites for hydroxylation is 1. The van der Waals surface area contributed by atoms with Crippen LogP contribution in [0, 0.1) is 0 Å². The number of carbonyl (C=O) groups is 1. The number of carbonyl (C=O) groups excluding carboxylic acids is 1. The van der Waals surface area contributed by atoms with Crippen LogP contribution in [0.4, 0.5) is 0 Å². The second-order valence-electron chi connectivity index (χ2n) is 7.33. The zero-order chi connectivity index (χ0) is 23.1. The van der Waals surface area contributed by atoms with Crippen LogP contribution in [0.5, 0.6) is 5.75 Å². The summed E-state index contributed by atoms with van der Waals surface area (Å²) in [5, 5.41) is 13.7. The summed E-state index contributed by atoms with van der Waals surface area (Å²) < 4.78 is 1.99. The van der Waals surface area contributed by atoms with Crippen molar-refractivity contribution < 1.29 is 9.90 Å². The van der Waals surface area contributed by atoms with E-state index >= 15 is 0 Å². The summed E-state index contributed by atoms with van der Waals surface area (Å²) in [5.74, 6) is 0.442. The number of amides is 1. The topological polar surface area (TPSA) is 52.6 Å². The van der Waals surface area contributed by atoms with E-state index in [4.69, 9.17) is 0 Å². The molecule has 1 atom stereocenters. The third-order valence-electron chi connectivity index (χ3n) is 5.67. The highest BCUT2D eigenvalue weighted by Crippen LogP contribution is 2.44. The number of benzene rings is 1. The lowest BCUT2D eigenvalue weighted by Crippen LogP contribution is -2.36. The Morgan fingerprint density at radius 2 is 1.71 bits per heavy atom.